The summed E-state index contributed by atoms with van der Waals surface area (Å²) in [7, 11) is 4.32. The van der Waals surface area contributed by atoms with Crippen molar-refractivity contribution in [2.24, 2.45) is 5.41 Å². The minimum atomic E-state index is 0.450. The molecule has 1 atom stereocenters. The van der Waals surface area contributed by atoms with Crippen LogP contribution in [-0.2, 0) is 0 Å². The van der Waals surface area contributed by atoms with E-state index in [9.17, 15) is 0 Å². The van der Waals surface area contributed by atoms with E-state index in [1.54, 1.807) is 0 Å². The third-order valence-electron chi connectivity index (χ3n) is 2.95. The zero-order valence-electron chi connectivity index (χ0n) is 9.56. The van der Waals surface area contributed by atoms with Crippen LogP contribution in [0.3, 0.4) is 0 Å². The monoisotopic (exact) mass is 184 g/mol. The van der Waals surface area contributed by atoms with Crippen molar-refractivity contribution < 1.29 is 0 Å². The lowest BCUT2D eigenvalue weighted by Gasteiger charge is -2.31. The lowest BCUT2D eigenvalue weighted by molar-refractivity contribution is 0.203. The molecule has 0 radical (unpaired) electrons. The summed E-state index contributed by atoms with van der Waals surface area (Å²) in [6.07, 6.45) is 4.04. The molecule has 1 fully saturated rings. The van der Waals surface area contributed by atoms with Gasteiger partial charge in [0.2, 0.25) is 0 Å². The maximum atomic E-state index is 3.63. The smallest absolute Gasteiger partial charge is 0.00684 e. The summed E-state index contributed by atoms with van der Waals surface area (Å²) in [4.78, 5) is 2.29. The molecule has 0 saturated heterocycles. The van der Waals surface area contributed by atoms with Crippen molar-refractivity contribution >= 4 is 0 Å². The normalized spacial score (nSPS) is 21.9. The van der Waals surface area contributed by atoms with Gasteiger partial charge in [-0.05, 0) is 38.8 Å². The summed E-state index contributed by atoms with van der Waals surface area (Å²) in [6, 6.07) is 0.841. The van der Waals surface area contributed by atoms with Crippen LogP contribution in [0.1, 0.15) is 33.1 Å². The molecule has 13 heavy (non-hydrogen) atoms. The fraction of sp³-hybridized carbons (Fsp3) is 1.00. The first-order valence-electron chi connectivity index (χ1n) is 5.44. The van der Waals surface area contributed by atoms with Crippen LogP contribution in [0.2, 0.25) is 0 Å². The summed E-state index contributed by atoms with van der Waals surface area (Å²) in [5, 5.41) is 3.63. The van der Waals surface area contributed by atoms with Gasteiger partial charge in [-0.3, -0.25) is 0 Å². The Kier molecular flexibility index (Phi) is 3.74. The van der Waals surface area contributed by atoms with Crippen LogP contribution in [0.25, 0.3) is 0 Å². The van der Waals surface area contributed by atoms with Gasteiger partial charge in [0.1, 0.15) is 0 Å². The van der Waals surface area contributed by atoms with Crippen LogP contribution in [0.15, 0.2) is 0 Å². The Labute approximate surface area is 82.7 Å². The van der Waals surface area contributed by atoms with Gasteiger partial charge in [-0.2, -0.15) is 0 Å². The Morgan fingerprint density at radius 3 is 2.38 bits per heavy atom. The van der Waals surface area contributed by atoms with E-state index in [0.29, 0.717) is 5.41 Å². The Morgan fingerprint density at radius 2 is 2.00 bits per heavy atom. The molecule has 0 bridgehead atoms. The fourth-order valence-electron chi connectivity index (χ4n) is 1.73. The summed E-state index contributed by atoms with van der Waals surface area (Å²) >= 11 is 0. The number of hydrogen-bond acceptors (Lipinski definition) is 2. The van der Waals surface area contributed by atoms with Gasteiger partial charge in [0.15, 0.2) is 0 Å². The molecule has 1 unspecified atom stereocenters. The average molecular weight is 184 g/mol. The van der Waals surface area contributed by atoms with Gasteiger partial charge in [0.05, 0.1) is 0 Å². The summed E-state index contributed by atoms with van der Waals surface area (Å²) in [6.45, 7) is 7.02. The molecule has 2 heteroatoms. The zero-order chi connectivity index (χ0) is 9.90. The number of nitrogens with zero attached hydrogens (tertiary/aromatic N) is 1. The third-order valence-corrected chi connectivity index (χ3v) is 2.95. The molecular formula is C11H24N2. The number of hydrogen-bond donors (Lipinski definition) is 1. The lowest BCUT2D eigenvalue weighted by Crippen LogP contribution is -2.40. The molecule has 0 amide bonds. The van der Waals surface area contributed by atoms with E-state index in [1.807, 2.05) is 0 Å². The van der Waals surface area contributed by atoms with Gasteiger partial charge in [0.25, 0.3) is 0 Å². The van der Waals surface area contributed by atoms with Crippen molar-refractivity contribution in [3.8, 4) is 0 Å². The molecule has 0 aromatic carbocycles. The summed E-state index contributed by atoms with van der Waals surface area (Å²) in [5.41, 5.74) is 0.450. The quantitative estimate of drug-likeness (QED) is 0.676. The Hall–Kier alpha value is -0.0800. The predicted molar refractivity (Wildman–Crippen MR) is 58.0 cm³/mol. The second-order valence-corrected chi connectivity index (χ2v) is 5.06. The highest BCUT2D eigenvalue weighted by Gasteiger charge is 2.27. The molecule has 1 saturated carbocycles. The van der Waals surface area contributed by atoms with Gasteiger partial charge in [0, 0.05) is 19.1 Å². The summed E-state index contributed by atoms with van der Waals surface area (Å²) in [5.74, 6) is 0. The fourth-order valence-corrected chi connectivity index (χ4v) is 1.73. The Morgan fingerprint density at radius 1 is 1.38 bits per heavy atom. The molecule has 1 aliphatic rings. The van der Waals surface area contributed by atoms with E-state index in [0.717, 1.165) is 6.04 Å². The van der Waals surface area contributed by atoms with Gasteiger partial charge in [-0.15, -0.1) is 0 Å². The maximum absolute atomic E-state index is 3.63. The predicted octanol–water partition coefficient (Wildman–Crippen LogP) is 1.72. The Bertz CT molecular complexity index is 152. The minimum absolute atomic E-state index is 0.450. The van der Waals surface area contributed by atoms with Gasteiger partial charge >= 0.3 is 0 Å². The van der Waals surface area contributed by atoms with Crippen molar-refractivity contribution in [1.82, 2.24) is 10.2 Å². The average Bonchev–Trinajstić information content (AvgIpc) is 2.83. The number of rotatable bonds is 6. The molecule has 0 aromatic rings. The van der Waals surface area contributed by atoms with Crippen LogP contribution >= 0.6 is 0 Å². The van der Waals surface area contributed by atoms with E-state index >= 15 is 0 Å². The third kappa shape index (κ3) is 4.10. The van der Waals surface area contributed by atoms with Crippen molar-refractivity contribution in [2.45, 2.75) is 39.2 Å². The van der Waals surface area contributed by atoms with E-state index < -0.39 is 0 Å². The van der Waals surface area contributed by atoms with Crippen molar-refractivity contribution in [2.75, 3.05) is 27.2 Å². The van der Waals surface area contributed by atoms with Crippen LogP contribution in [0.5, 0.6) is 0 Å². The van der Waals surface area contributed by atoms with Crippen LogP contribution in [-0.4, -0.2) is 38.1 Å². The molecule has 0 heterocycles. The standard InChI is InChI=1S/C11H24N2/c1-5-11(2,9-13(3)4)8-12-10-6-7-10/h10,12H,5-9H2,1-4H3. The van der Waals surface area contributed by atoms with Crippen LogP contribution < -0.4 is 5.32 Å². The molecule has 1 rings (SSSR count). The van der Waals surface area contributed by atoms with E-state index in [4.69, 9.17) is 0 Å². The minimum Gasteiger partial charge on any atom is -0.313 e. The molecule has 2 nitrogen and oxygen atoms in total. The van der Waals surface area contributed by atoms with E-state index in [-0.39, 0.29) is 0 Å². The van der Waals surface area contributed by atoms with Crippen LogP contribution in [0.4, 0.5) is 0 Å². The number of nitrogens with one attached hydrogen (secondary N) is 1. The van der Waals surface area contributed by atoms with Crippen molar-refractivity contribution in [1.29, 1.82) is 0 Å². The lowest BCUT2D eigenvalue weighted by atomic mass is 9.87. The van der Waals surface area contributed by atoms with Gasteiger partial charge in [-0.25, -0.2) is 0 Å². The Balaban J connectivity index is 2.27. The van der Waals surface area contributed by atoms with E-state index in [1.165, 1.54) is 32.4 Å². The first-order valence-corrected chi connectivity index (χ1v) is 5.44. The van der Waals surface area contributed by atoms with Gasteiger partial charge < -0.3 is 10.2 Å². The summed E-state index contributed by atoms with van der Waals surface area (Å²) < 4.78 is 0. The molecule has 0 spiro atoms. The largest absolute Gasteiger partial charge is 0.313 e. The zero-order valence-corrected chi connectivity index (χ0v) is 9.56. The second kappa shape index (κ2) is 4.43. The molecule has 1 aliphatic carbocycles. The first-order chi connectivity index (χ1) is 6.06. The maximum Gasteiger partial charge on any atom is 0.00684 e. The first kappa shape index (κ1) is 11.0. The molecule has 0 aliphatic heterocycles. The van der Waals surface area contributed by atoms with Gasteiger partial charge in [-0.1, -0.05) is 13.8 Å². The SMILES string of the molecule is CCC(C)(CNC1CC1)CN(C)C. The van der Waals surface area contributed by atoms with Crippen molar-refractivity contribution in [3.05, 3.63) is 0 Å². The highest BCUT2D eigenvalue weighted by atomic mass is 15.1. The molecule has 1 N–H and O–H groups in total. The molecule has 0 aromatic heterocycles. The highest BCUT2D eigenvalue weighted by Crippen LogP contribution is 2.24. The highest BCUT2D eigenvalue weighted by molar-refractivity contribution is 4.86. The van der Waals surface area contributed by atoms with E-state index in [2.05, 4.69) is 38.2 Å². The van der Waals surface area contributed by atoms with Crippen LogP contribution in [0, 0.1) is 5.41 Å². The molecular weight excluding hydrogens is 160 g/mol. The molecule has 78 valence electrons. The second-order valence-electron chi connectivity index (χ2n) is 5.06. The van der Waals surface area contributed by atoms with Crippen molar-refractivity contribution in [3.63, 3.8) is 0 Å². The topological polar surface area (TPSA) is 15.3 Å².